The summed E-state index contributed by atoms with van der Waals surface area (Å²) >= 11 is 6.21. The van der Waals surface area contributed by atoms with Gasteiger partial charge in [0.15, 0.2) is 12.5 Å². The molecule has 0 fully saturated rings. The minimum absolute atomic E-state index is 0.341. The Morgan fingerprint density at radius 3 is 2.44 bits per heavy atom. The minimum atomic E-state index is -4.62. The third-order valence-electron chi connectivity index (χ3n) is 5.29. The van der Waals surface area contributed by atoms with Gasteiger partial charge in [0.1, 0.15) is 0 Å². The number of amides is 1. The minimum Gasteiger partial charge on any atom is -0.361 e. The normalized spacial score (nSPS) is 17.0. The van der Waals surface area contributed by atoms with Crippen molar-refractivity contribution < 1.29 is 23.1 Å². The predicted octanol–water partition coefficient (Wildman–Crippen LogP) is 4.48. The molecule has 1 amide bonds. The summed E-state index contributed by atoms with van der Waals surface area (Å²) in [6, 6.07) is 18.8. The quantitative estimate of drug-likeness (QED) is 0.463. The van der Waals surface area contributed by atoms with Gasteiger partial charge in [0.2, 0.25) is 0 Å². The van der Waals surface area contributed by atoms with E-state index in [2.05, 4.69) is 15.6 Å². The molecule has 3 aromatic carbocycles. The van der Waals surface area contributed by atoms with Gasteiger partial charge in [-0.2, -0.15) is 13.2 Å². The molecule has 0 aliphatic carbocycles. The van der Waals surface area contributed by atoms with E-state index in [-0.39, 0.29) is 5.69 Å². The maximum Gasteiger partial charge on any atom is 0.418 e. The van der Waals surface area contributed by atoms with Gasteiger partial charge in [-0.05, 0) is 30.3 Å². The summed E-state index contributed by atoms with van der Waals surface area (Å²) in [5.41, 5.74) is 0.999. The number of para-hydroxylation sites is 1. The van der Waals surface area contributed by atoms with E-state index >= 15 is 0 Å². The van der Waals surface area contributed by atoms with E-state index in [1.54, 1.807) is 25.2 Å². The zero-order chi connectivity index (χ0) is 24.5. The predicted molar refractivity (Wildman–Crippen MR) is 125 cm³/mol. The second-order valence-corrected chi connectivity index (χ2v) is 8.00. The number of anilines is 2. The molecule has 1 aliphatic rings. The highest BCUT2D eigenvalue weighted by Gasteiger charge is 2.35. The Morgan fingerprint density at radius 2 is 1.74 bits per heavy atom. The SMILES string of the molecule is CN1C(=O)C(NC(O)Nc2ccccc2C(F)(F)F)N=C(c2ccccc2)c2cc(Cl)ccc21. The van der Waals surface area contributed by atoms with Crippen LogP contribution in [0, 0.1) is 0 Å². The van der Waals surface area contributed by atoms with E-state index in [4.69, 9.17) is 11.6 Å². The van der Waals surface area contributed by atoms with E-state index in [1.165, 1.54) is 23.1 Å². The molecule has 34 heavy (non-hydrogen) atoms. The number of benzodiazepines with no additional fused rings is 1. The molecule has 4 rings (SSSR count). The van der Waals surface area contributed by atoms with Crippen LogP contribution in [0.3, 0.4) is 0 Å². The van der Waals surface area contributed by atoms with Crippen LogP contribution in [-0.4, -0.2) is 36.3 Å². The second kappa shape index (κ2) is 9.46. The Hall–Kier alpha value is -3.40. The summed E-state index contributed by atoms with van der Waals surface area (Å²) in [6.45, 7) is 0. The zero-order valence-corrected chi connectivity index (χ0v) is 18.6. The summed E-state index contributed by atoms with van der Waals surface area (Å²) in [5, 5.41) is 15.9. The maximum absolute atomic E-state index is 13.3. The second-order valence-electron chi connectivity index (χ2n) is 7.56. The number of aliphatic hydroxyl groups is 1. The lowest BCUT2D eigenvalue weighted by atomic mass is 10.0. The lowest BCUT2D eigenvalue weighted by Crippen LogP contribution is -2.50. The van der Waals surface area contributed by atoms with Crippen molar-refractivity contribution in [1.29, 1.82) is 0 Å². The van der Waals surface area contributed by atoms with Gasteiger partial charge < -0.3 is 15.3 Å². The third kappa shape index (κ3) is 4.91. The van der Waals surface area contributed by atoms with E-state index in [1.807, 2.05) is 30.3 Å². The molecule has 6 nitrogen and oxygen atoms in total. The topological polar surface area (TPSA) is 77.0 Å². The van der Waals surface area contributed by atoms with Crippen molar-refractivity contribution in [1.82, 2.24) is 5.32 Å². The zero-order valence-electron chi connectivity index (χ0n) is 17.8. The number of aliphatic hydroxyl groups excluding tert-OH is 1. The number of carbonyl (C=O) groups is 1. The smallest absolute Gasteiger partial charge is 0.361 e. The van der Waals surface area contributed by atoms with Crippen LogP contribution < -0.4 is 15.5 Å². The van der Waals surface area contributed by atoms with E-state index in [9.17, 15) is 23.1 Å². The summed E-state index contributed by atoms with van der Waals surface area (Å²) in [6.07, 6.45) is -7.63. The molecule has 0 radical (unpaired) electrons. The average molecular weight is 489 g/mol. The van der Waals surface area contributed by atoms with Gasteiger partial charge in [-0.1, -0.05) is 54.1 Å². The fourth-order valence-corrected chi connectivity index (χ4v) is 3.85. The first-order chi connectivity index (χ1) is 16.1. The highest BCUT2D eigenvalue weighted by Crippen LogP contribution is 2.35. The molecule has 2 unspecified atom stereocenters. The number of nitrogens with one attached hydrogen (secondary N) is 2. The Labute approximate surface area is 198 Å². The van der Waals surface area contributed by atoms with Crippen LogP contribution in [0.4, 0.5) is 24.5 Å². The van der Waals surface area contributed by atoms with E-state index < -0.39 is 30.2 Å². The lowest BCUT2D eigenvalue weighted by Gasteiger charge is -2.24. The van der Waals surface area contributed by atoms with E-state index in [0.717, 1.165) is 6.07 Å². The van der Waals surface area contributed by atoms with Crippen molar-refractivity contribution >= 4 is 34.6 Å². The van der Waals surface area contributed by atoms with Gasteiger partial charge in [0.05, 0.1) is 17.0 Å². The first-order valence-electron chi connectivity index (χ1n) is 10.2. The largest absolute Gasteiger partial charge is 0.418 e. The number of fused-ring (bicyclic) bond motifs is 1. The molecule has 176 valence electrons. The molecule has 3 aromatic rings. The number of likely N-dealkylation sites (N-methyl/N-ethyl adjacent to an activating group) is 1. The molecule has 1 heterocycles. The number of benzene rings is 3. The fourth-order valence-electron chi connectivity index (χ4n) is 3.68. The van der Waals surface area contributed by atoms with Crippen LogP contribution in [0.1, 0.15) is 16.7 Å². The van der Waals surface area contributed by atoms with Gasteiger partial charge in [-0.15, -0.1) is 0 Å². The number of aliphatic imine (C=N–C) groups is 1. The number of alkyl halides is 3. The van der Waals surface area contributed by atoms with Crippen molar-refractivity contribution in [2.45, 2.75) is 18.7 Å². The van der Waals surface area contributed by atoms with Crippen molar-refractivity contribution in [2.75, 3.05) is 17.3 Å². The van der Waals surface area contributed by atoms with Gasteiger partial charge in [-0.3, -0.25) is 9.79 Å². The van der Waals surface area contributed by atoms with Crippen molar-refractivity contribution in [3.05, 3.63) is 94.5 Å². The van der Waals surface area contributed by atoms with Crippen LogP contribution in [0.15, 0.2) is 77.8 Å². The maximum atomic E-state index is 13.3. The van der Waals surface area contributed by atoms with Crippen LogP contribution in [0.2, 0.25) is 5.02 Å². The highest BCUT2D eigenvalue weighted by atomic mass is 35.5. The Balaban J connectivity index is 1.70. The Bertz CT molecular complexity index is 1230. The Morgan fingerprint density at radius 1 is 1.06 bits per heavy atom. The van der Waals surface area contributed by atoms with Crippen molar-refractivity contribution in [3.8, 4) is 0 Å². The molecule has 0 saturated carbocycles. The highest BCUT2D eigenvalue weighted by molar-refractivity contribution is 6.32. The van der Waals surface area contributed by atoms with Crippen molar-refractivity contribution in [3.63, 3.8) is 0 Å². The first kappa shape index (κ1) is 23.7. The number of rotatable bonds is 5. The van der Waals surface area contributed by atoms with Gasteiger partial charge >= 0.3 is 6.18 Å². The Kier molecular flexibility index (Phi) is 6.60. The number of halogens is 4. The van der Waals surface area contributed by atoms with Gasteiger partial charge in [0, 0.05) is 28.9 Å². The van der Waals surface area contributed by atoms with Crippen LogP contribution in [0.25, 0.3) is 0 Å². The first-order valence-corrected chi connectivity index (χ1v) is 10.6. The van der Waals surface area contributed by atoms with Gasteiger partial charge in [0.25, 0.3) is 5.91 Å². The molecular formula is C24H20ClF3N4O2. The fraction of sp³-hybridized carbons (Fsp3) is 0.167. The van der Waals surface area contributed by atoms with Gasteiger partial charge in [-0.25, -0.2) is 5.32 Å². The number of nitrogens with zero attached hydrogens (tertiary/aromatic N) is 2. The molecule has 0 aromatic heterocycles. The summed E-state index contributed by atoms with van der Waals surface area (Å²) in [5.74, 6) is -0.514. The number of hydrogen-bond acceptors (Lipinski definition) is 5. The molecule has 0 saturated heterocycles. The number of carbonyl (C=O) groups excluding carboxylic acids is 1. The van der Waals surface area contributed by atoms with E-state index in [0.29, 0.717) is 27.5 Å². The summed E-state index contributed by atoms with van der Waals surface area (Å²) in [4.78, 5) is 19.1. The average Bonchev–Trinajstić information content (AvgIpc) is 2.89. The van der Waals surface area contributed by atoms with Crippen molar-refractivity contribution in [2.24, 2.45) is 4.99 Å². The third-order valence-corrected chi connectivity index (χ3v) is 5.52. The van der Waals surface area contributed by atoms with Crippen LogP contribution in [0.5, 0.6) is 0 Å². The standard InChI is InChI=1S/C24H20ClF3N4O2/c1-32-19-12-11-15(25)13-16(19)20(14-7-3-2-4-8-14)30-21(22(32)33)31-23(34)29-18-10-6-5-9-17(18)24(26,27)28/h2-13,21,23,29,31,34H,1H3. The molecule has 2 atom stereocenters. The summed E-state index contributed by atoms with van der Waals surface area (Å²) < 4.78 is 39.9. The van der Waals surface area contributed by atoms with Crippen LogP contribution in [-0.2, 0) is 11.0 Å². The molecule has 10 heteroatoms. The molecule has 3 N–H and O–H groups in total. The number of hydrogen-bond donors (Lipinski definition) is 3. The lowest BCUT2D eigenvalue weighted by molar-refractivity contribution is -0.137. The monoisotopic (exact) mass is 488 g/mol. The van der Waals surface area contributed by atoms with Crippen LogP contribution >= 0.6 is 11.6 Å². The molecular weight excluding hydrogens is 469 g/mol. The molecule has 0 bridgehead atoms. The molecule has 0 spiro atoms. The summed E-state index contributed by atoms with van der Waals surface area (Å²) in [7, 11) is 1.55. The molecule has 1 aliphatic heterocycles.